The van der Waals surface area contributed by atoms with E-state index in [-0.39, 0.29) is 11.3 Å². The number of aryl methyl sites for hydroxylation is 1. The highest BCUT2D eigenvalue weighted by Crippen LogP contribution is 2.21. The predicted molar refractivity (Wildman–Crippen MR) is 111 cm³/mol. The summed E-state index contributed by atoms with van der Waals surface area (Å²) in [5.41, 5.74) is -0.468. The molecule has 0 saturated carbocycles. The second-order valence-electron chi connectivity index (χ2n) is 7.40. The summed E-state index contributed by atoms with van der Waals surface area (Å²) < 4.78 is 10.7. The van der Waals surface area contributed by atoms with E-state index in [1.165, 1.54) is 52.1 Å². The first kappa shape index (κ1) is 23.5. The summed E-state index contributed by atoms with van der Waals surface area (Å²) in [6.07, 6.45) is 14.8. The van der Waals surface area contributed by atoms with Crippen molar-refractivity contribution in [3.63, 3.8) is 0 Å². The van der Waals surface area contributed by atoms with Gasteiger partial charge in [-0.25, -0.2) is 4.79 Å². The van der Waals surface area contributed by atoms with E-state index >= 15 is 0 Å². The van der Waals surface area contributed by atoms with Crippen molar-refractivity contribution in [2.45, 2.75) is 104 Å². The van der Waals surface area contributed by atoms with Crippen LogP contribution < -0.4 is 10.4 Å². The standard InChI is InChI=1S/C23H38O4/c1-4-6-8-10-12-14-16-19-18-21(26-3)22(23(25)27-19)20(24)17-15-13-11-9-7-5-2/h18H,4-17H2,1-3H3. The third-order valence-electron chi connectivity index (χ3n) is 5.00. The number of ketones is 1. The predicted octanol–water partition coefficient (Wildman–Crippen LogP) is 6.48. The molecule has 1 aromatic heterocycles. The molecule has 1 heterocycles. The Morgan fingerprint density at radius 3 is 2.04 bits per heavy atom. The van der Waals surface area contributed by atoms with Crippen LogP contribution in [0.25, 0.3) is 0 Å². The van der Waals surface area contributed by atoms with Crippen LogP contribution in [0.15, 0.2) is 15.3 Å². The zero-order chi connectivity index (χ0) is 19.9. The lowest BCUT2D eigenvalue weighted by molar-refractivity contribution is 0.0971. The van der Waals surface area contributed by atoms with Crippen LogP contribution in [0.3, 0.4) is 0 Å². The van der Waals surface area contributed by atoms with Gasteiger partial charge < -0.3 is 9.15 Å². The highest BCUT2D eigenvalue weighted by Gasteiger charge is 2.19. The van der Waals surface area contributed by atoms with E-state index < -0.39 is 5.63 Å². The molecule has 0 fully saturated rings. The van der Waals surface area contributed by atoms with Crippen molar-refractivity contribution in [2.24, 2.45) is 0 Å². The summed E-state index contributed by atoms with van der Waals surface area (Å²) in [7, 11) is 1.50. The van der Waals surface area contributed by atoms with Gasteiger partial charge >= 0.3 is 5.63 Å². The molecule has 1 aromatic rings. The largest absolute Gasteiger partial charge is 0.496 e. The van der Waals surface area contributed by atoms with E-state index in [1.54, 1.807) is 6.07 Å². The normalized spacial score (nSPS) is 10.9. The summed E-state index contributed by atoms with van der Waals surface area (Å²) in [6, 6.07) is 1.72. The van der Waals surface area contributed by atoms with Gasteiger partial charge in [0, 0.05) is 18.9 Å². The molecule has 0 amide bonds. The summed E-state index contributed by atoms with van der Waals surface area (Å²) in [5.74, 6) is 0.814. The van der Waals surface area contributed by atoms with Gasteiger partial charge in [0.15, 0.2) is 5.78 Å². The molecule has 0 radical (unpaired) electrons. The molecule has 27 heavy (non-hydrogen) atoms. The molecule has 4 heteroatoms. The number of hydrogen-bond donors (Lipinski definition) is 0. The van der Waals surface area contributed by atoms with E-state index in [0.29, 0.717) is 24.4 Å². The van der Waals surface area contributed by atoms with Crippen LogP contribution in [-0.4, -0.2) is 12.9 Å². The molecular formula is C23H38O4. The van der Waals surface area contributed by atoms with E-state index in [2.05, 4.69) is 13.8 Å². The van der Waals surface area contributed by atoms with E-state index in [4.69, 9.17) is 9.15 Å². The SMILES string of the molecule is CCCCCCCCC(=O)c1c(OC)cc(CCCCCCCC)oc1=O. The monoisotopic (exact) mass is 378 g/mol. The van der Waals surface area contributed by atoms with Crippen molar-refractivity contribution >= 4 is 5.78 Å². The lowest BCUT2D eigenvalue weighted by atomic mass is 10.0. The van der Waals surface area contributed by atoms with E-state index in [9.17, 15) is 9.59 Å². The highest BCUT2D eigenvalue weighted by molar-refractivity contribution is 5.98. The van der Waals surface area contributed by atoms with Crippen molar-refractivity contribution in [1.82, 2.24) is 0 Å². The Kier molecular flexibility index (Phi) is 12.6. The first-order valence-electron chi connectivity index (χ1n) is 10.9. The zero-order valence-corrected chi connectivity index (χ0v) is 17.6. The molecule has 0 aliphatic rings. The number of hydrogen-bond acceptors (Lipinski definition) is 4. The Morgan fingerprint density at radius 1 is 0.889 bits per heavy atom. The van der Waals surface area contributed by atoms with Crippen LogP contribution in [0.4, 0.5) is 0 Å². The first-order valence-corrected chi connectivity index (χ1v) is 10.9. The number of methoxy groups -OCH3 is 1. The number of carbonyl (C=O) groups excluding carboxylic acids is 1. The van der Waals surface area contributed by atoms with Gasteiger partial charge in [0.2, 0.25) is 0 Å². The average molecular weight is 379 g/mol. The van der Waals surface area contributed by atoms with Crippen molar-refractivity contribution in [3.05, 3.63) is 27.8 Å². The summed E-state index contributed by atoms with van der Waals surface area (Å²) in [5, 5.41) is 0. The minimum absolute atomic E-state index is 0.0813. The first-order chi connectivity index (χ1) is 13.1. The van der Waals surface area contributed by atoms with Gasteiger partial charge in [0.05, 0.1) is 7.11 Å². The van der Waals surface area contributed by atoms with Gasteiger partial charge in [-0.15, -0.1) is 0 Å². The van der Waals surface area contributed by atoms with Crippen molar-refractivity contribution < 1.29 is 13.9 Å². The van der Waals surface area contributed by atoms with Gasteiger partial charge in [-0.1, -0.05) is 78.1 Å². The van der Waals surface area contributed by atoms with Gasteiger partial charge in [0.1, 0.15) is 17.1 Å². The molecule has 0 aliphatic carbocycles. The lowest BCUT2D eigenvalue weighted by Gasteiger charge is -2.09. The fourth-order valence-corrected chi connectivity index (χ4v) is 3.32. The average Bonchev–Trinajstić information content (AvgIpc) is 2.66. The highest BCUT2D eigenvalue weighted by atomic mass is 16.5. The van der Waals surface area contributed by atoms with Gasteiger partial charge in [-0.2, -0.15) is 0 Å². The number of unbranched alkanes of at least 4 members (excludes halogenated alkanes) is 10. The third-order valence-corrected chi connectivity index (χ3v) is 5.00. The molecule has 1 rings (SSSR count). The molecule has 0 saturated heterocycles. The minimum Gasteiger partial charge on any atom is -0.496 e. The molecule has 0 aromatic carbocycles. The molecular weight excluding hydrogens is 340 g/mol. The zero-order valence-electron chi connectivity index (χ0n) is 17.6. The maximum atomic E-state index is 12.5. The molecule has 4 nitrogen and oxygen atoms in total. The fraction of sp³-hybridized carbons (Fsp3) is 0.739. The summed E-state index contributed by atoms with van der Waals surface area (Å²) in [4.78, 5) is 24.8. The number of rotatable bonds is 16. The van der Waals surface area contributed by atoms with Crippen molar-refractivity contribution in [3.8, 4) is 5.75 Å². The second kappa shape index (κ2) is 14.5. The van der Waals surface area contributed by atoms with Crippen LogP contribution in [-0.2, 0) is 6.42 Å². The van der Waals surface area contributed by atoms with E-state index in [0.717, 1.165) is 32.1 Å². The second-order valence-corrected chi connectivity index (χ2v) is 7.40. The van der Waals surface area contributed by atoms with Gasteiger partial charge in [-0.05, 0) is 12.8 Å². The van der Waals surface area contributed by atoms with Gasteiger partial charge in [-0.3, -0.25) is 4.79 Å². The molecule has 0 N–H and O–H groups in total. The smallest absolute Gasteiger partial charge is 0.350 e. The molecule has 0 bridgehead atoms. The summed E-state index contributed by atoms with van der Waals surface area (Å²) in [6.45, 7) is 4.39. The molecule has 154 valence electrons. The maximum absolute atomic E-state index is 12.5. The summed E-state index contributed by atoms with van der Waals surface area (Å²) >= 11 is 0. The number of carbonyl (C=O) groups is 1. The van der Waals surface area contributed by atoms with Crippen LogP contribution in [0.2, 0.25) is 0 Å². The maximum Gasteiger partial charge on any atom is 0.350 e. The Hall–Kier alpha value is -1.58. The fourth-order valence-electron chi connectivity index (χ4n) is 3.32. The minimum atomic E-state index is -0.550. The molecule has 0 aliphatic heterocycles. The van der Waals surface area contributed by atoms with Crippen LogP contribution >= 0.6 is 0 Å². The number of ether oxygens (including phenoxy) is 1. The van der Waals surface area contributed by atoms with Crippen molar-refractivity contribution in [1.29, 1.82) is 0 Å². The Balaban J connectivity index is 2.55. The third kappa shape index (κ3) is 9.25. The number of Topliss-reactive ketones (excluding diaryl/α,β-unsaturated/α-hetero) is 1. The Morgan fingerprint density at radius 2 is 1.44 bits per heavy atom. The van der Waals surface area contributed by atoms with Crippen LogP contribution in [0, 0.1) is 0 Å². The molecule has 0 spiro atoms. The topological polar surface area (TPSA) is 56.5 Å². The lowest BCUT2D eigenvalue weighted by Crippen LogP contribution is -2.17. The van der Waals surface area contributed by atoms with Gasteiger partial charge in [0.25, 0.3) is 0 Å². The van der Waals surface area contributed by atoms with Crippen LogP contribution in [0.5, 0.6) is 5.75 Å². The quantitative estimate of drug-likeness (QED) is 0.244. The Bertz CT molecular complexity index is 589. The Labute approximate surface area is 164 Å². The molecule has 0 atom stereocenters. The molecule has 0 unspecified atom stereocenters. The van der Waals surface area contributed by atoms with Crippen molar-refractivity contribution in [2.75, 3.05) is 7.11 Å². The van der Waals surface area contributed by atoms with E-state index in [1.807, 2.05) is 0 Å². The van der Waals surface area contributed by atoms with Crippen LogP contribution in [0.1, 0.15) is 113 Å².